The minimum atomic E-state index is -0.158. The van der Waals surface area contributed by atoms with Crippen molar-refractivity contribution in [3.63, 3.8) is 0 Å². The number of benzene rings is 1. The number of aryl methyl sites for hydroxylation is 1. The number of hydrogen-bond acceptors (Lipinski definition) is 4. The van der Waals surface area contributed by atoms with Gasteiger partial charge in [-0.15, -0.1) is 0 Å². The normalized spacial score (nSPS) is 10.8. The summed E-state index contributed by atoms with van der Waals surface area (Å²) in [5.41, 5.74) is 8.81. The number of fused-ring (bicyclic) bond motifs is 1. The molecule has 25 heavy (non-hydrogen) atoms. The van der Waals surface area contributed by atoms with Gasteiger partial charge in [-0.25, -0.2) is 4.98 Å². The third kappa shape index (κ3) is 4.16. The number of para-hydroxylation sites is 1. The quantitative estimate of drug-likeness (QED) is 0.648. The lowest BCUT2D eigenvalue weighted by Crippen LogP contribution is -2.26. The van der Waals surface area contributed by atoms with Crippen molar-refractivity contribution in [2.75, 3.05) is 13.1 Å². The molecule has 0 radical (unpaired) electrons. The van der Waals surface area contributed by atoms with Gasteiger partial charge in [0.2, 0.25) is 0 Å². The molecule has 6 heteroatoms. The molecule has 0 unspecified atom stereocenters. The second-order valence-electron chi connectivity index (χ2n) is 5.89. The van der Waals surface area contributed by atoms with Crippen molar-refractivity contribution in [3.8, 4) is 5.75 Å². The zero-order valence-electron chi connectivity index (χ0n) is 14.2. The molecule has 3 N–H and O–H groups in total. The molecule has 0 atom stereocenters. The monoisotopic (exact) mass is 338 g/mol. The standard InChI is InChI=1S/C19H22N4O2/c1-14-7-8-18-22-15(12-23(18)11-14)13-25-17-6-3-2-5-16(17)19(24)21-10-4-9-20/h2-3,5-8,11-12H,4,9-10,13,20H2,1H3,(H,21,24). The van der Waals surface area contributed by atoms with Crippen molar-refractivity contribution in [2.24, 2.45) is 5.73 Å². The molecule has 0 saturated heterocycles. The first kappa shape index (κ1) is 17.0. The van der Waals surface area contributed by atoms with E-state index >= 15 is 0 Å². The Morgan fingerprint density at radius 2 is 2.08 bits per heavy atom. The number of nitrogens with two attached hydrogens (primary N) is 1. The van der Waals surface area contributed by atoms with Crippen LogP contribution in [0.4, 0.5) is 0 Å². The van der Waals surface area contributed by atoms with E-state index in [1.54, 1.807) is 12.1 Å². The third-order valence-corrected chi connectivity index (χ3v) is 3.82. The molecule has 6 nitrogen and oxygen atoms in total. The van der Waals surface area contributed by atoms with Gasteiger partial charge in [-0.1, -0.05) is 18.2 Å². The lowest BCUT2D eigenvalue weighted by Gasteiger charge is -2.10. The highest BCUT2D eigenvalue weighted by molar-refractivity contribution is 5.96. The highest BCUT2D eigenvalue weighted by atomic mass is 16.5. The number of nitrogens with one attached hydrogen (secondary N) is 1. The number of nitrogens with zero attached hydrogens (tertiary/aromatic N) is 2. The maximum atomic E-state index is 12.3. The summed E-state index contributed by atoms with van der Waals surface area (Å²) in [4.78, 5) is 16.8. The zero-order chi connectivity index (χ0) is 17.6. The number of carbonyl (C=O) groups excluding carboxylic acids is 1. The summed E-state index contributed by atoms with van der Waals surface area (Å²) in [6, 6.07) is 11.2. The molecule has 0 aliphatic carbocycles. The summed E-state index contributed by atoms with van der Waals surface area (Å²) in [7, 11) is 0. The van der Waals surface area contributed by atoms with Crippen LogP contribution in [-0.4, -0.2) is 28.4 Å². The number of hydrogen-bond donors (Lipinski definition) is 2. The van der Waals surface area contributed by atoms with Crippen LogP contribution in [0.1, 0.15) is 28.0 Å². The van der Waals surface area contributed by atoms with E-state index < -0.39 is 0 Å². The van der Waals surface area contributed by atoms with E-state index in [1.807, 2.05) is 48.0 Å². The lowest BCUT2D eigenvalue weighted by molar-refractivity contribution is 0.0949. The second kappa shape index (κ2) is 7.81. The molecule has 3 aromatic rings. The van der Waals surface area contributed by atoms with Crippen molar-refractivity contribution >= 4 is 11.6 Å². The van der Waals surface area contributed by atoms with Crippen LogP contribution >= 0.6 is 0 Å². The largest absolute Gasteiger partial charge is 0.486 e. The van der Waals surface area contributed by atoms with E-state index in [-0.39, 0.29) is 5.91 Å². The van der Waals surface area contributed by atoms with Gasteiger partial charge in [0.1, 0.15) is 18.0 Å². The van der Waals surface area contributed by atoms with Crippen LogP contribution in [0.2, 0.25) is 0 Å². The predicted molar refractivity (Wildman–Crippen MR) is 96.7 cm³/mol. The Hall–Kier alpha value is -2.86. The van der Waals surface area contributed by atoms with Gasteiger partial charge in [0.15, 0.2) is 0 Å². The third-order valence-electron chi connectivity index (χ3n) is 3.82. The molecule has 1 aromatic carbocycles. The number of ether oxygens (including phenoxy) is 1. The van der Waals surface area contributed by atoms with Gasteiger partial charge in [0, 0.05) is 18.9 Å². The first-order valence-corrected chi connectivity index (χ1v) is 8.31. The van der Waals surface area contributed by atoms with Gasteiger partial charge in [-0.2, -0.15) is 0 Å². The van der Waals surface area contributed by atoms with Crippen LogP contribution in [0.15, 0.2) is 48.8 Å². The molecule has 1 amide bonds. The summed E-state index contributed by atoms with van der Waals surface area (Å²) < 4.78 is 7.82. The van der Waals surface area contributed by atoms with Gasteiger partial charge in [-0.05, 0) is 43.7 Å². The predicted octanol–water partition coefficient (Wildman–Crippen LogP) is 2.30. The molecular formula is C19H22N4O2. The number of rotatable bonds is 7. The molecule has 0 aliphatic heterocycles. The average Bonchev–Trinajstić information content (AvgIpc) is 3.02. The number of imidazole rings is 1. The smallest absolute Gasteiger partial charge is 0.255 e. The molecule has 0 saturated carbocycles. The molecule has 2 aromatic heterocycles. The van der Waals surface area contributed by atoms with Crippen LogP contribution in [0.5, 0.6) is 5.75 Å². The van der Waals surface area contributed by atoms with Gasteiger partial charge in [0.25, 0.3) is 5.91 Å². The Bertz CT molecular complexity index is 873. The van der Waals surface area contributed by atoms with Crippen molar-refractivity contribution in [1.29, 1.82) is 0 Å². The van der Waals surface area contributed by atoms with Crippen LogP contribution in [0.25, 0.3) is 5.65 Å². The second-order valence-corrected chi connectivity index (χ2v) is 5.89. The SMILES string of the molecule is Cc1ccc2nc(COc3ccccc3C(=O)NCCCN)cn2c1. The highest BCUT2D eigenvalue weighted by Gasteiger charge is 2.12. The number of pyridine rings is 1. The summed E-state index contributed by atoms with van der Waals surface area (Å²) in [6.07, 6.45) is 4.70. The number of carbonyl (C=O) groups is 1. The van der Waals surface area contributed by atoms with E-state index in [0.29, 0.717) is 31.0 Å². The van der Waals surface area contributed by atoms with Gasteiger partial charge < -0.3 is 20.2 Å². The lowest BCUT2D eigenvalue weighted by atomic mass is 10.2. The van der Waals surface area contributed by atoms with Crippen molar-refractivity contribution in [3.05, 3.63) is 65.6 Å². The Kier molecular flexibility index (Phi) is 5.30. The molecule has 0 spiro atoms. The zero-order valence-corrected chi connectivity index (χ0v) is 14.2. The van der Waals surface area contributed by atoms with E-state index in [4.69, 9.17) is 10.5 Å². The maximum Gasteiger partial charge on any atom is 0.255 e. The summed E-state index contributed by atoms with van der Waals surface area (Å²) in [5.74, 6) is 0.385. The number of aromatic nitrogens is 2. The van der Waals surface area contributed by atoms with E-state index in [1.165, 1.54) is 0 Å². The molecule has 3 rings (SSSR count). The molecule has 0 bridgehead atoms. The summed E-state index contributed by atoms with van der Waals surface area (Å²) >= 11 is 0. The van der Waals surface area contributed by atoms with E-state index in [2.05, 4.69) is 10.3 Å². The Labute approximate surface area is 146 Å². The highest BCUT2D eigenvalue weighted by Crippen LogP contribution is 2.19. The molecular weight excluding hydrogens is 316 g/mol. The van der Waals surface area contributed by atoms with Gasteiger partial charge in [-0.3, -0.25) is 4.79 Å². The topological polar surface area (TPSA) is 81.6 Å². The van der Waals surface area contributed by atoms with Crippen LogP contribution in [0, 0.1) is 6.92 Å². The number of amides is 1. The Morgan fingerprint density at radius 1 is 1.24 bits per heavy atom. The minimum absolute atomic E-state index is 0.158. The van der Waals surface area contributed by atoms with Gasteiger partial charge >= 0.3 is 0 Å². The van der Waals surface area contributed by atoms with Gasteiger partial charge in [0.05, 0.1) is 11.3 Å². The molecule has 130 valence electrons. The fourth-order valence-electron chi connectivity index (χ4n) is 2.56. The average molecular weight is 338 g/mol. The Morgan fingerprint density at radius 3 is 2.92 bits per heavy atom. The summed E-state index contributed by atoms with van der Waals surface area (Å²) in [6.45, 7) is 3.43. The molecule has 0 aliphatic rings. The van der Waals surface area contributed by atoms with E-state index in [9.17, 15) is 4.79 Å². The fraction of sp³-hybridized carbons (Fsp3) is 0.263. The Balaban J connectivity index is 1.70. The first-order chi connectivity index (χ1) is 12.2. The minimum Gasteiger partial charge on any atom is -0.486 e. The summed E-state index contributed by atoms with van der Waals surface area (Å²) in [5, 5.41) is 2.85. The fourth-order valence-corrected chi connectivity index (χ4v) is 2.56. The van der Waals surface area contributed by atoms with Crippen LogP contribution in [-0.2, 0) is 6.61 Å². The van der Waals surface area contributed by atoms with Crippen LogP contribution < -0.4 is 15.8 Å². The van der Waals surface area contributed by atoms with Crippen molar-refractivity contribution < 1.29 is 9.53 Å². The maximum absolute atomic E-state index is 12.3. The first-order valence-electron chi connectivity index (χ1n) is 8.31. The molecule has 0 fully saturated rings. The van der Waals surface area contributed by atoms with Crippen LogP contribution in [0.3, 0.4) is 0 Å². The van der Waals surface area contributed by atoms with Crippen molar-refractivity contribution in [2.45, 2.75) is 20.0 Å². The van der Waals surface area contributed by atoms with Crippen molar-refractivity contribution in [1.82, 2.24) is 14.7 Å². The molecule has 2 heterocycles. The van der Waals surface area contributed by atoms with E-state index in [0.717, 1.165) is 23.3 Å².